The van der Waals surface area contributed by atoms with Crippen molar-refractivity contribution in [2.45, 2.75) is 74.9 Å². The van der Waals surface area contributed by atoms with Crippen molar-refractivity contribution >= 4 is 23.9 Å². The molecule has 5 rings (SSSR count). The first-order chi connectivity index (χ1) is 18.4. The minimum atomic E-state index is -1.74. The van der Waals surface area contributed by atoms with E-state index in [-0.39, 0.29) is 18.2 Å². The molecule has 12 heteroatoms. The van der Waals surface area contributed by atoms with E-state index in [1.54, 1.807) is 6.08 Å². The van der Waals surface area contributed by atoms with Crippen molar-refractivity contribution < 1.29 is 53.1 Å². The Bertz CT molecular complexity index is 1270. The number of rotatable bonds is 8. The summed E-state index contributed by atoms with van der Waals surface area (Å²) in [5.74, 6) is -3.10. The Balaban J connectivity index is 1.38. The zero-order valence-corrected chi connectivity index (χ0v) is 22.1. The number of benzene rings is 1. The number of methoxy groups -OCH3 is 1. The van der Waals surface area contributed by atoms with Gasteiger partial charge in [0.2, 0.25) is 6.10 Å². The third-order valence-electron chi connectivity index (χ3n) is 8.35. The third kappa shape index (κ3) is 4.04. The molecule has 2 heterocycles. The fraction of sp³-hybridized carbons (Fsp3) is 0.556. The number of ether oxygens (including phenoxy) is 5. The molecule has 0 saturated carbocycles. The van der Waals surface area contributed by atoms with Gasteiger partial charge >= 0.3 is 23.9 Å². The van der Waals surface area contributed by atoms with Crippen LogP contribution in [0.2, 0.25) is 0 Å². The van der Waals surface area contributed by atoms with Gasteiger partial charge in [0.25, 0.3) is 0 Å². The second-order valence-corrected chi connectivity index (χ2v) is 10.5. The number of likely N-dealkylation sites (tertiary alicyclic amines) is 1. The van der Waals surface area contributed by atoms with E-state index in [0.717, 1.165) is 18.1 Å². The summed E-state index contributed by atoms with van der Waals surface area (Å²) in [6, 6.07) is 3.65. The first-order valence-corrected chi connectivity index (χ1v) is 12.7. The van der Waals surface area contributed by atoms with E-state index in [1.165, 1.54) is 14.0 Å². The average molecular weight is 546 g/mol. The van der Waals surface area contributed by atoms with Gasteiger partial charge in [-0.25, -0.2) is 9.59 Å². The normalized spacial score (nSPS) is 29.6. The van der Waals surface area contributed by atoms with Crippen LogP contribution in [-0.2, 0) is 45.2 Å². The van der Waals surface area contributed by atoms with E-state index in [9.17, 15) is 24.3 Å². The van der Waals surface area contributed by atoms with Crippen molar-refractivity contribution in [3.8, 4) is 11.5 Å². The number of aliphatic carboxylic acids is 1. The molecule has 6 atom stereocenters. The monoisotopic (exact) mass is 545 g/mol. The minimum absolute atomic E-state index is 0.169. The standard InChI is InChI=1S/C27H31NO11/c1-13(36-20(30)12-18(24(31)32)37-14(2)29)25(33)38-17-7-8-27(34)19-11-15-5-6-16(35-4)22-21(15)26(27,23(17)39-22)9-10-28(19)3/h5-7,13,18-19,23,34H,8-12H2,1-4H3,(H,31,32)/t13-,18-,19+,23-,26-,27+/m0/s1. The molecule has 1 aromatic rings. The summed E-state index contributed by atoms with van der Waals surface area (Å²) in [6.45, 7) is 3.00. The van der Waals surface area contributed by atoms with Crippen LogP contribution in [0.5, 0.6) is 11.5 Å². The van der Waals surface area contributed by atoms with Gasteiger partial charge in [-0.15, -0.1) is 0 Å². The van der Waals surface area contributed by atoms with Gasteiger partial charge in [0.05, 0.1) is 24.5 Å². The fourth-order valence-corrected chi connectivity index (χ4v) is 6.61. The van der Waals surface area contributed by atoms with Crippen molar-refractivity contribution in [3.63, 3.8) is 0 Å². The smallest absolute Gasteiger partial charge is 0.352 e. The lowest BCUT2D eigenvalue weighted by Gasteiger charge is -2.61. The highest BCUT2D eigenvalue weighted by Crippen LogP contribution is 2.65. The lowest BCUT2D eigenvalue weighted by Crippen LogP contribution is -2.74. The summed E-state index contributed by atoms with van der Waals surface area (Å²) in [7, 11) is 3.53. The van der Waals surface area contributed by atoms with Crippen LogP contribution in [0.15, 0.2) is 24.0 Å². The van der Waals surface area contributed by atoms with E-state index in [4.69, 9.17) is 24.1 Å². The number of hydrogen-bond donors (Lipinski definition) is 2. The fourth-order valence-electron chi connectivity index (χ4n) is 6.61. The van der Waals surface area contributed by atoms with Gasteiger partial charge in [-0.2, -0.15) is 0 Å². The SMILES string of the molecule is COc1ccc2c3c1O[C@H]1C(OC(=O)[C@H](C)OC(=O)C[C@H](OC(C)=O)C(=O)O)=CC[C@@]4(O)[C@@H](C2)N(C)CC[C@]314. The van der Waals surface area contributed by atoms with Gasteiger partial charge < -0.3 is 38.8 Å². The summed E-state index contributed by atoms with van der Waals surface area (Å²) in [4.78, 5) is 49.8. The van der Waals surface area contributed by atoms with Gasteiger partial charge in [-0.1, -0.05) is 6.07 Å². The Labute approximate surface area is 224 Å². The van der Waals surface area contributed by atoms with Crippen LogP contribution in [0.4, 0.5) is 0 Å². The van der Waals surface area contributed by atoms with Crippen LogP contribution in [0.3, 0.4) is 0 Å². The second kappa shape index (κ2) is 9.53. The Morgan fingerprint density at radius 3 is 2.64 bits per heavy atom. The molecular formula is C27H31NO11. The zero-order chi connectivity index (χ0) is 28.3. The number of esters is 3. The third-order valence-corrected chi connectivity index (χ3v) is 8.35. The van der Waals surface area contributed by atoms with Crippen LogP contribution in [0, 0.1) is 0 Å². The summed E-state index contributed by atoms with van der Waals surface area (Å²) >= 11 is 0. The number of likely N-dealkylation sites (N-methyl/N-ethyl adjacent to an activating group) is 1. The molecule has 0 radical (unpaired) electrons. The number of hydrogen-bond acceptors (Lipinski definition) is 11. The molecule has 0 aromatic heterocycles. The van der Waals surface area contributed by atoms with Gasteiger partial charge in [-0.05, 0) is 51.1 Å². The molecule has 1 spiro atoms. The molecule has 210 valence electrons. The molecule has 1 aromatic carbocycles. The Kier molecular flexibility index (Phi) is 6.58. The summed E-state index contributed by atoms with van der Waals surface area (Å²) in [5, 5.41) is 21.4. The summed E-state index contributed by atoms with van der Waals surface area (Å²) in [6.07, 6.45) is -1.67. The van der Waals surface area contributed by atoms with E-state index in [1.807, 2.05) is 19.2 Å². The quantitative estimate of drug-likeness (QED) is 0.351. The molecular weight excluding hydrogens is 514 g/mol. The van der Waals surface area contributed by atoms with Crippen molar-refractivity contribution in [3.05, 3.63) is 35.1 Å². The van der Waals surface area contributed by atoms with Gasteiger partial charge in [0.15, 0.2) is 23.7 Å². The number of aliphatic hydroxyl groups is 1. The van der Waals surface area contributed by atoms with Crippen LogP contribution in [0.25, 0.3) is 0 Å². The van der Waals surface area contributed by atoms with Crippen LogP contribution >= 0.6 is 0 Å². The molecule has 2 N–H and O–H groups in total. The van der Waals surface area contributed by atoms with Crippen molar-refractivity contribution in [1.29, 1.82) is 0 Å². The minimum Gasteiger partial charge on any atom is -0.493 e. The lowest BCUT2D eigenvalue weighted by atomic mass is 9.50. The summed E-state index contributed by atoms with van der Waals surface area (Å²) in [5.41, 5.74) is -0.119. The number of carboxylic acids is 1. The molecule has 2 bridgehead atoms. The molecule has 2 aliphatic carbocycles. The maximum absolute atomic E-state index is 13.0. The number of carbonyl (C=O) groups is 4. The number of carbonyl (C=O) groups excluding carboxylic acids is 3. The first kappa shape index (κ1) is 26.9. The second-order valence-electron chi connectivity index (χ2n) is 10.5. The average Bonchev–Trinajstić information content (AvgIpc) is 3.22. The summed E-state index contributed by atoms with van der Waals surface area (Å²) < 4.78 is 27.4. The van der Waals surface area contributed by atoms with E-state index in [2.05, 4.69) is 9.64 Å². The number of carboxylic acid groups (broad SMARTS) is 1. The maximum atomic E-state index is 13.0. The van der Waals surface area contributed by atoms with E-state index >= 15 is 0 Å². The van der Waals surface area contributed by atoms with Crippen molar-refractivity contribution in [1.82, 2.24) is 4.90 Å². The molecule has 39 heavy (non-hydrogen) atoms. The van der Waals surface area contributed by atoms with Crippen LogP contribution < -0.4 is 9.47 Å². The van der Waals surface area contributed by atoms with Gasteiger partial charge in [-0.3, -0.25) is 9.59 Å². The van der Waals surface area contributed by atoms with Crippen molar-refractivity contribution in [2.75, 3.05) is 20.7 Å². The molecule has 12 nitrogen and oxygen atoms in total. The van der Waals surface area contributed by atoms with E-state index < -0.39 is 59.6 Å². The molecule has 2 aliphatic heterocycles. The number of nitrogens with zero attached hydrogens (tertiary/aromatic N) is 1. The predicted molar refractivity (Wildman–Crippen MR) is 131 cm³/mol. The predicted octanol–water partition coefficient (Wildman–Crippen LogP) is 0.854. The Hall–Kier alpha value is -3.64. The molecule has 1 fully saturated rings. The van der Waals surface area contributed by atoms with Crippen LogP contribution in [-0.4, -0.2) is 89.6 Å². The van der Waals surface area contributed by atoms with Crippen LogP contribution in [0.1, 0.15) is 44.2 Å². The van der Waals surface area contributed by atoms with Gasteiger partial charge in [0.1, 0.15) is 5.76 Å². The topological polar surface area (TPSA) is 158 Å². The lowest BCUT2D eigenvalue weighted by molar-refractivity contribution is -0.177. The maximum Gasteiger partial charge on any atom is 0.352 e. The highest BCUT2D eigenvalue weighted by molar-refractivity contribution is 5.85. The number of piperidine rings is 1. The molecule has 1 saturated heterocycles. The first-order valence-electron chi connectivity index (χ1n) is 12.7. The Morgan fingerprint density at radius 2 is 1.97 bits per heavy atom. The Morgan fingerprint density at radius 1 is 1.23 bits per heavy atom. The van der Waals surface area contributed by atoms with Gasteiger partial charge in [0, 0.05) is 24.9 Å². The largest absolute Gasteiger partial charge is 0.493 e. The molecule has 0 unspecified atom stereocenters. The highest BCUT2D eigenvalue weighted by atomic mass is 16.6. The molecule has 0 amide bonds. The molecule has 4 aliphatic rings. The van der Waals surface area contributed by atoms with Crippen molar-refractivity contribution in [2.24, 2.45) is 0 Å². The highest BCUT2D eigenvalue weighted by Gasteiger charge is 2.72. The zero-order valence-electron chi connectivity index (χ0n) is 22.1. The van der Waals surface area contributed by atoms with E-state index in [0.29, 0.717) is 30.9 Å².